The third kappa shape index (κ3) is 4.73. The molecule has 0 aliphatic carbocycles. The summed E-state index contributed by atoms with van der Waals surface area (Å²) in [4.78, 5) is 11.8. The molecule has 100 valence electrons. The minimum atomic E-state index is -0.126. The summed E-state index contributed by atoms with van der Waals surface area (Å²) in [6, 6.07) is 6.97. The van der Waals surface area contributed by atoms with E-state index in [4.69, 9.17) is 15.2 Å². The van der Waals surface area contributed by atoms with Crippen molar-refractivity contribution < 1.29 is 14.3 Å². The highest BCUT2D eigenvalue weighted by Crippen LogP contribution is 2.12. The summed E-state index contributed by atoms with van der Waals surface area (Å²) in [5, 5.41) is 2.81. The van der Waals surface area contributed by atoms with E-state index < -0.39 is 0 Å². The predicted octanol–water partition coefficient (Wildman–Crippen LogP) is 0.789. The summed E-state index contributed by atoms with van der Waals surface area (Å²) in [7, 11) is 3.18. The summed E-state index contributed by atoms with van der Waals surface area (Å²) >= 11 is 0. The molecule has 0 radical (unpaired) electrons. The number of nitrogens with one attached hydrogen (secondary N) is 1. The molecule has 0 heterocycles. The van der Waals surface area contributed by atoms with Gasteiger partial charge >= 0.3 is 0 Å². The molecule has 3 N–H and O–H groups in total. The van der Waals surface area contributed by atoms with Gasteiger partial charge in [-0.2, -0.15) is 0 Å². The van der Waals surface area contributed by atoms with E-state index >= 15 is 0 Å². The zero-order valence-electron chi connectivity index (χ0n) is 10.8. The van der Waals surface area contributed by atoms with Gasteiger partial charge in [-0.25, -0.2) is 0 Å². The molecule has 1 unspecified atom stereocenters. The van der Waals surface area contributed by atoms with Crippen molar-refractivity contribution in [2.75, 3.05) is 27.4 Å². The Bertz CT molecular complexity index is 382. The number of carbonyl (C=O) groups is 1. The second kappa shape index (κ2) is 7.68. The topological polar surface area (TPSA) is 73.6 Å². The van der Waals surface area contributed by atoms with Gasteiger partial charge in [-0.15, -0.1) is 0 Å². The van der Waals surface area contributed by atoms with Crippen LogP contribution in [0.25, 0.3) is 0 Å². The van der Waals surface area contributed by atoms with Gasteiger partial charge in [0.15, 0.2) is 0 Å². The van der Waals surface area contributed by atoms with Gasteiger partial charge < -0.3 is 20.5 Å². The van der Waals surface area contributed by atoms with Gasteiger partial charge in [0.05, 0.1) is 13.7 Å². The van der Waals surface area contributed by atoms with E-state index in [1.807, 2.05) is 0 Å². The third-order valence-corrected chi connectivity index (χ3v) is 2.51. The second-order valence-corrected chi connectivity index (χ2v) is 3.99. The van der Waals surface area contributed by atoms with E-state index in [-0.39, 0.29) is 11.9 Å². The summed E-state index contributed by atoms with van der Waals surface area (Å²) in [6.07, 6.45) is 0.684. The Hall–Kier alpha value is -1.59. The monoisotopic (exact) mass is 252 g/mol. The first-order valence-electron chi connectivity index (χ1n) is 5.84. The van der Waals surface area contributed by atoms with Crippen molar-refractivity contribution in [1.82, 2.24) is 5.32 Å². The van der Waals surface area contributed by atoms with Gasteiger partial charge in [0, 0.05) is 25.3 Å². The first-order valence-corrected chi connectivity index (χ1v) is 5.84. The Morgan fingerprint density at radius 2 is 2.22 bits per heavy atom. The molecule has 0 aromatic heterocycles. The van der Waals surface area contributed by atoms with Crippen LogP contribution in [0.1, 0.15) is 16.8 Å². The van der Waals surface area contributed by atoms with Gasteiger partial charge in [0.1, 0.15) is 5.75 Å². The highest BCUT2D eigenvalue weighted by atomic mass is 16.5. The minimum absolute atomic E-state index is 0.0550. The fourth-order valence-corrected chi connectivity index (χ4v) is 1.53. The lowest BCUT2D eigenvalue weighted by atomic mass is 10.2. The lowest BCUT2D eigenvalue weighted by Gasteiger charge is -2.11. The smallest absolute Gasteiger partial charge is 0.251 e. The van der Waals surface area contributed by atoms with Crippen LogP contribution in [0, 0.1) is 0 Å². The average Bonchev–Trinajstić information content (AvgIpc) is 2.39. The molecule has 1 atom stereocenters. The van der Waals surface area contributed by atoms with Crippen LogP contribution in [0.2, 0.25) is 0 Å². The van der Waals surface area contributed by atoms with E-state index in [1.165, 1.54) is 0 Å². The molecule has 1 aromatic rings. The van der Waals surface area contributed by atoms with E-state index in [1.54, 1.807) is 38.5 Å². The molecule has 18 heavy (non-hydrogen) atoms. The van der Waals surface area contributed by atoms with Crippen LogP contribution in [0.15, 0.2) is 24.3 Å². The molecule has 5 nitrogen and oxygen atoms in total. The molecule has 0 aliphatic heterocycles. The van der Waals surface area contributed by atoms with Crippen LogP contribution in [-0.4, -0.2) is 39.3 Å². The van der Waals surface area contributed by atoms with Crippen LogP contribution in [0.3, 0.4) is 0 Å². The lowest BCUT2D eigenvalue weighted by Crippen LogP contribution is -2.32. The number of nitrogens with two attached hydrogens (primary N) is 1. The van der Waals surface area contributed by atoms with Crippen molar-refractivity contribution in [2.24, 2.45) is 5.73 Å². The third-order valence-electron chi connectivity index (χ3n) is 2.51. The molecule has 0 spiro atoms. The summed E-state index contributed by atoms with van der Waals surface area (Å²) in [5.41, 5.74) is 6.34. The summed E-state index contributed by atoms with van der Waals surface area (Å²) in [5.74, 6) is 0.539. The molecule has 1 rings (SSSR count). The molecular formula is C13H20N2O3. The highest BCUT2D eigenvalue weighted by molar-refractivity contribution is 5.94. The molecule has 0 bridgehead atoms. The Balaban J connectivity index is 2.40. The van der Waals surface area contributed by atoms with Crippen molar-refractivity contribution in [1.29, 1.82) is 0 Å². The Labute approximate surface area is 107 Å². The van der Waals surface area contributed by atoms with Gasteiger partial charge in [0.25, 0.3) is 5.91 Å². The van der Waals surface area contributed by atoms with Crippen LogP contribution < -0.4 is 15.8 Å². The molecule has 0 saturated carbocycles. The lowest BCUT2D eigenvalue weighted by molar-refractivity contribution is 0.0950. The second-order valence-electron chi connectivity index (χ2n) is 3.99. The number of amides is 1. The van der Waals surface area contributed by atoms with Crippen molar-refractivity contribution in [3.8, 4) is 5.75 Å². The van der Waals surface area contributed by atoms with Gasteiger partial charge in [-0.3, -0.25) is 4.79 Å². The molecular weight excluding hydrogens is 232 g/mol. The number of benzene rings is 1. The molecule has 1 aromatic carbocycles. The zero-order chi connectivity index (χ0) is 13.4. The van der Waals surface area contributed by atoms with Crippen LogP contribution in [0.5, 0.6) is 5.75 Å². The standard InChI is InChI=1S/C13H20N2O3/c1-17-9-11(14)6-7-15-13(16)10-4-3-5-12(8-10)18-2/h3-5,8,11H,6-7,9,14H2,1-2H3,(H,15,16). The summed E-state index contributed by atoms with van der Waals surface area (Å²) in [6.45, 7) is 1.02. The zero-order valence-corrected chi connectivity index (χ0v) is 10.8. The molecule has 0 saturated heterocycles. The summed E-state index contributed by atoms with van der Waals surface area (Å²) < 4.78 is 9.98. The fourth-order valence-electron chi connectivity index (χ4n) is 1.53. The quantitative estimate of drug-likeness (QED) is 0.752. The maximum atomic E-state index is 11.8. The first kappa shape index (κ1) is 14.5. The van der Waals surface area contributed by atoms with Gasteiger partial charge in [-0.05, 0) is 24.6 Å². The SMILES string of the molecule is COCC(N)CCNC(=O)c1cccc(OC)c1. The molecule has 0 aliphatic rings. The van der Waals surface area contributed by atoms with Crippen LogP contribution in [0.4, 0.5) is 0 Å². The number of carbonyl (C=O) groups excluding carboxylic acids is 1. The number of ether oxygens (including phenoxy) is 2. The number of methoxy groups -OCH3 is 2. The number of hydrogen-bond acceptors (Lipinski definition) is 4. The Morgan fingerprint density at radius 3 is 2.89 bits per heavy atom. The highest BCUT2D eigenvalue weighted by Gasteiger charge is 2.07. The van der Waals surface area contributed by atoms with E-state index in [9.17, 15) is 4.79 Å². The van der Waals surface area contributed by atoms with Crippen LogP contribution >= 0.6 is 0 Å². The van der Waals surface area contributed by atoms with E-state index in [0.29, 0.717) is 30.9 Å². The van der Waals surface area contributed by atoms with Crippen molar-refractivity contribution in [3.63, 3.8) is 0 Å². The normalized spacial score (nSPS) is 11.9. The minimum Gasteiger partial charge on any atom is -0.497 e. The number of hydrogen-bond donors (Lipinski definition) is 2. The Morgan fingerprint density at radius 1 is 1.44 bits per heavy atom. The van der Waals surface area contributed by atoms with E-state index in [0.717, 1.165) is 0 Å². The average molecular weight is 252 g/mol. The Kier molecular flexibility index (Phi) is 6.18. The number of rotatable bonds is 7. The van der Waals surface area contributed by atoms with Crippen molar-refractivity contribution in [3.05, 3.63) is 29.8 Å². The molecule has 0 fully saturated rings. The first-order chi connectivity index (χ1) is 8.67. The molecule has 1 amide bonds. The molecule has 5 heteroatoms. The predicted molar refractivity (Wildman–Crippen MR) is 69.8 cm³/mol. The van der Waals surface area contributed by atoms with Crippen LogP contribution in [-0.2, 0) is 4.74 Å². The maximum absolute atomic E-state index is 11.8. The van der Waals surface area contributed by atoms with E-state index in [2.05, 4.69) is 5.32 Å². The van der Waals surface area contributed by atoms with Crippen molar-refractivity contribution >= 4 is 5.91 Å². The maximum Gasteiger partial charge on any atom is 0.251 e. The largest absolute Gasteiger partial charge is 0.497 e. The van der Waals surface area contributed by atoms with Gasteiger partial charge in [0.2, 0.25) is 0 Å². The fraction of sp³-hybridized carbons (Fsp3) is 0.462. The van der Waals surface area contributed by atoms with Gasteiger partial charge in [-0.1, -0.05) is 6.07 Å². The van der Waals surface area contributed by atoms with Crippen molar-refractivity contribution in [2.45, 2.75) is 12.5 Å².